The molecule has 36 heavy (non-hydrogen) atoms. The van der Waals surface area contributed by atoms with Gasteiger partial charge in [0.25, 0.3) is 0 Å². The van der Waals surface area contributed by atoms with E-state index in [1.807, 2.05) is 61.5 Å². The maximum atomic E-state index is 12.9. The zero-order valence-corrected chi connectivity index (χ0v) is 21.3. The number of halogens is 1. The average Bonchev–Trinajstić information content (AvgIpc) is 3.75. The van der Waals surface area contributed by atoms with Gasteiger partial charge in [0.05, 0.1) is 11.6 Å². The van der Waals surface area contributed by atoms with Crippen molar-refractivity contribution in [1.82, 2.24) is 15.3 Å². The number of amides is 1. The van der Waals surface area contributed by atoms with Crippen LogP contribution in [0, 0.1) is 0 Å². The summed E-state index contributed by atoms with van der Waals surface area (Å²) in [5.74, 6) is 2.21. The van der Waals surface area contributed by atoms with E-state index >= 15 is 0 Å². The van der Waals surface area contributed by atoms with Gasteiger partial charge >= 0.3 is 0 Å². The molecule has 0 aliphatic heterocycles. The molecule has 3 aromatic carbocycles. The highest BCUT2D eigenvalue weighted by Crippen LogP contribution is 2.40. The largest absolute Gasteiger partial charge is 0.355 e. The van der Waals surface area contributed by atoms with E-state index in [1.165, 1.54) is 5.56 Å². The third-order valence-corrected chi connectivity index (χ3v) is 6.93. The van der Waals surface area contributed by atoms with Crippen LogP contribution in [0.25, 0.3) is 10.9 Å². The molecule has 5 nitrogen and oxygen atoms in total. The smallest absolute Gasteiger partial charge is 0.222 e. The van der Waals surface area contributed by atoms with E-state index in [0.717, 1.165) is 53.9 Å². The van der Waals surface area contributed by atoms with Gasteiger partial charge in [0.1, 0.15) is 11.6 Å². The van der Waals surface area contributed by atoms with Crippen LogP contribution in [-0.4, -0.2) is 29.0 Å². The fraction of sp³-hybridized carbons (Fsp3) is 0.300. The number of hydrogen-bond acceptors (Lipinski definition) is 4. The molecule has 6 heteroatoms. The first-order valence-corrected chi connectivity index (χ1v) is 13.0. The van der Waals surface area contributed by atoms with Crippen LogP contribution in [0.15, 0.2) is 78.9 Å². The van der Waals surface area contributed by atoms with E-state index in [4.69, 9.17) is 21.6 Å². The average molecular weight is 499 g/mol. The summed E-state index contributed by atoms with van der Waals surface area (Å²) in [6, 6.07) is 26.2. The van der Waals surface area contributed by atoms with E-state index in [2.05, 4.69) is 34.5 Å². The Hall–Kier alpha value is -3.44. The molecule has 1 amide bonds. The normalized spacial score (nSPS) is 13.9. The molecule has 1 aromatic heterocycles. The molecule has 1 aliphatic carbocycles. The number of rotatable bonds is 10. The number of carbonyl (C=O) groups is 1. The van der Waals surface area contributed by atoms with Crippen LogP contribution in [0.3, 0.4) is 0 Å². The first kappa shape index (κ1) is 24.3. The first-order chi connectivity index (χ1) is 17.6. The van der Waals surface area contributed by atoms with Gasteiger partial charge in [-0.3, -0.25) is 4.79 Å². The predicted octanol–water partition coefficient (Wildman–Crippen LogP) is 6.48. The second-order valence-corrected chi connectivity index (χ2v) is 9.95. The lowest BCUT2D eigenvalue weighted by molar-refractivity contribution is -0.121. The Labute approximate surface area is 217 Å². The molecule has 0 saturated heterocycles. The number of hydrogen-bond donors (Lipinski definition) is 1. The fourth-order valence-corrected chi connectivity index (χ4v) is 4.64. The van der Waals surface area contributed by atoms with E-state index in [0.29, 0.717) is 23.9 Å². The van der Waals surface area contributed by atoms with Crippen LogP contribution in [0.2, 0.25) is 5.02 Å². The summed E-state index contributed by atoms with van der Waals surface area (Å²) in [5, 5.41) is 4.78. The quantitative estimate of drug-likeness (QED) is 0.272. The number of anilines is 1. The summed E-state index contributed by atoms with van der Waals surface area (Å²) >= 11 is 6.31. The summed E-state index contributed by atoms with van der Waals surface area (Å²) in [6.45, 7) is 3.34. The van der Waals surface area contributed by atoms with Crippen molar-refractivity contribution in [1.29, 1.82) is 0 Å². The van der Waals surface area contributed by atoms with Gasteiger partial charge in [0.15, 0.2) is 0 Å². The molecule has 1 fully saturated rings. The molecule has 1 N–H and O–H groups in total. The van der Waals surface area contributed by atoms with Gasteiger partial charge in [-0.05, 0) is 55.5 Å². The molecule has 184 valence electrons. The van der Waals surface area contributed by atoms with Crippen LogP contribution in [0.4, 0.5) is 5.82 Å². The highest BCUT2D eigenvalue weighted by atomic mass is 35.5. The standard InChI is InChI=1S/C30H31ClN4O/c1-21(23-10-6-3-7-11-23)32-28(36)17-19-35(18-16-22-8-4-2-5-9-22)30-26-15-14-25(31)20-27(26)33-29(34-30)24-12-13-24/h2-11,14-15,20-21,24H,12-13,16-19H2,1H3,(H,32,36). The predicted molar refractivity (Wildman–Crippen MR) is 146 cm³/mol. The minimum Gasteiger partial charge on any atom is -0.355 e. The van der Waals surface area contributed by atoms with Gasteiger partial charge in [-0.1, -0.05) is 72.3 Å². The zero-order chi connectivity index (χ0) is 24.9. The number of fused-ring (bicyclic) bond motifs is 1. The summed E-state index contributed by atoms with van der Waals surface area (Å²) < 4.78 is 0. The van der Waals surface area contributed by atoms with Crippen molar-refractivity contribution in [2.24, 2.45) is 0 Å². The number of benzene rings is 3. The Morgan fingerprint density at radius 1 is 1.00 bits per heavy atom. The molecule has 1 saturated carbocycles. The lowest BCUT2D eigenvalue weighted by atomic mass is 10.1. The van der Waals surface area contributed by atoms with Gasteiger partial charge in [-0.15, -0.1) is 0 Å². The maximum absolute atomic E-state index is 12.9. The molecule has 1 aliphatic rings. The van der Waals surface area contributed by atoms with Crippen LogP contribution in [0.1, 0.15) is 55.1 Å². The molecule has 0 spiro atoms. The van der Waals surface area contributed by atoms with Crippen molar-refractivity contribution in [3.05, 3.63) is 101 Å². The molecule has 0 bridgehead atoms. The minimum atomic E-state index is -0.0417. The van der Waals surface area contributed by atoms with Crippen LogP contribution in [-0.2, 0) is 11.2 Å². The summed E-state index contributed by atoms with van der Waals surface area (Å²) in [5.41, 5.74) is 3.22. The Bertz CT molecular complexity index is 1330. The summed E-state index contributed by atoms with van der Waals surface area (Å²) in [7, 11) is 0. The number of nitrogens with one attached hydrogen (secondary N) is 1. The van der Waals surface area contributed by atoms with Crippen molar-refractivity contribution in [3.63, 3.8) is 0 Å². The third kappa shape index (κ3) is 6.03. The SMILES string of the molecule is CC(NC(=O)CCN(CCc1ccccc1)c1nc(C2CC2)nc2cc(Cl)ccc12)c1ccccc1. The van der Waals surface area contributed by atoms with Gasteiger partial charge < -0.3 is 10.2 Å². The van der Waals surface area contributed by atoms with E-state index in [-0.39, 0.29) is 11.9 Å². The lowest BCUT2D eigenvalue weighted by Gasteiger charge is -2.26. The van der Waals surface area contributed by atoms with Crippen molar-refractivity contribution in [3.8, 4) is 0 Å². The molecule has 5 rings (SSSR count). The Kier molecular flexibility index (Phi) is 7.47. The van der Waals surface area contributed by atoms with E-state index in [9.17, 15) is 4.79 Å². The van der Waals surface area contributed by atoms with Crippen LogP contribution < -0.4 is 10.2 Å². The number of nitrogens with zero attached hydrogens (tertiary/aromatic N) is 3. The molecular formula is C30H31ClN4O. The van der Waals surface area contributed by atoms with Gasteiger partial charge in [0.2, 0.25) is 5.91 Å². The molecular weight excluding hydrogens is 468 g/mol. The molecule has 4 aromatic rings. The lowest BCUT2D eigenvalue weighted by Crippen LogP contribution is -2.34. The van der Waals surface area contributed by atoms with Gasteiger partial charge in [-0.25, -0.2) is 9.97 Å². The summed E-state index contributed by atoms with van der Waals surface area (Å²) in [6.07, 6.45) is 3.48. The minimum absolute atomic E-state index is 0.0277. The molecule has 0 radical (unpaired) electrons. The van der Waals surface area contributed by atoms with Gasteiger partial charge in [0, 0.05) is 35.8 Å². The Balaban J connectivity index is 1.39. The first-order valence-electron chi connectivity index (χ1n) is 12.7. The maximum Gasteiger partial charge on any atom is 0.222 e. The van der Waals surface area contributed by atoms with Crippen molar-refractivity contribution >= 4 is 34.2 Å². The molecule has 1 atom stereocenters. The van der Waals surface area contributed by atoms with E-state index in [1.54, 1.807) is 0 Å². The van der Waals surface area contributed by atoms with Gasteiger partial charge in [-0.2, -0.15) is 0 Å². The topological polar surface area (TPSA) is 58.1 Å². The van der Waals surface area contributed by atoms with E-state index < -0.39 is 0 Å². The number of carbonyl (C=O) groups excluding carboxylic acids is 1. The monoisotopic (exact) mass is 498 g/mol. The summed E-state index contributed by atoms with van der Waals surface area (Å²) in [4.78, 5) is 25.0. The molecule has 1 heterocycles. The number of aromatic nitrogens is 2. The van der Waals surface area contributed by atoms with Crippen molar-refractivity contribution < 1.29 is 4.79 Å². The Morgan fingerprint density at radius 3 is 2.44 bits per heavy atom. The van der Waals surface area contributed by atoms with Crippen molar-refractivity contribution in [2.45, 2.75) is 44.6 Å². The fourth-order valence-electron chi connectivity index (χ4n) is 4.48. The zero-order valence-electron chi connectivity index (χ0n) is 20.5. The third-order valence-electron chi connectivity index (χ3n) is 6.70. The van der Waals surface area contributed by atoms with Crippen LogP contribution >= 0.6 is 11.6 Å². The van der Waals surface area contributed by atoms with Crippen LogP contribution in [0.5, 0.6) is 0 Å². The Morgan fingerprint density at radius 2 is 1.72 bits per heavy atom. The highest BCUT2D eigenvalue weighted by Gasteiger charge is 2.28. The highest BCUT2D eigenvalue weighted by molar-refractivity contribution is 6.31. The second kappa shape index (κ2) is 11.1. The van der Waals surface area contributed by atoms with Crippen molar-refractivity contribution in [2.75, 3.05) is 18.0 Å². The second-order valence-electron chi connectivity index (χ2n) is 9.51. The molecule has 1 unspecified atom stereocenters.